The van der Waals surface area contributed by atoms with E-state index in [9.17, 15) is 4.79 Å². The fraction of sp³-hybridized carbons (Fsp3) is 0.133. The molecule has 2 N–H and O–H groups in total. The molecule has 0 fully saturated rings. The van der Waals surface area contributed by atoms with Crippen LogP contribution < -0.4 is 11.3 Å². The molecule has 3 aromatic rings. The molecule has 0 saturated carbocycles. The average molecular weight is 266 g/mol. The van der Waals surface area contributed by atoms with Crippen LogP contribution in [0.5, 0.6) is 0 Å². The molecule has 0 aliphatic rings. The molecule has 0 aliphatic heterocycles. The minimum atomic E-state index is -0.121. The van der Waals surface area contributed by atoms with Gasteiger partial charge in [0.25, 0.3) is 5.56 Å². The first-order valence-electron chi connectivity index (χ1n) is 6.29. The summed E-state index contributed by atoms with van der Waals surface area (Å²) in [6, 6.07) is 8.97. The number of aryl methyl sites for hydroxylation is 2. The van der Waals surface area contributed by atoms with E-state index < -0.39 is 0 Å². The number of hydrogen-bond acceptors (Lipinski definition) is 4. The van der Waals surface area contributed by atoms with E-state index >= 15 is 0 Å². The van der Waals surface area contributed by atoms with Gasteiger partial charge in [-0.2, -0.15) is 0 Å². The molecule has 3 rings (SSSR count). The molecular formula is C15H14N4O. The molecule has 2 heterocycles. The van der Waals surface area contributed by atoms with Gasteiger partial charge in [-0.25, -0.2) is 9.97 Å². The molecule has 20 heavy (non-hydrogen) atoms. The maximum absolute atomic E-state index is 12.6. The van der Waals surface area contributed by atoms with Gasteiger partial charge < -0.3 is 5.73 Å². The molecule has 0 spiro atoms. The maximum Gasteiger partial charge on any atom is 0.267 e. The number of hydrogen-bond donors (Lipinski definition) is 1. The topological polar surface area (TPSA) is 73.8 Å². The van der Waals surface area contributed by atoms with Crippen molar-refractivity contribution in [3.8, 4) is 5.69 Å². The van der Waals surface area contributed by atoms with Gasteiger partial charge in [-0.05, 0) is 49.7 Å². The minimum Gasteiger partial charge on any atom is -0.399 e. The zero-order valence-corrected chi connectivity index (χ0v) is 11.3. The van der Waals surface area contributed by atoms with Gasteiger partial charge in [-0.3, -0.25) is 9.36 Å². The second kappa shape index (κ2) is 4.45. The number of nitrogens with two attached hydrogens (primary N) is 1. The Bertz CT molecular complexity index is 867. The van der Waals surface area contributed by atoms with Gasteiger partial charge in [-0.1, -0.05) is 0 Å². The molecule has 0 amide bonds. The van der Waals surface area contributed by atoms with E-state index in [1.807, 2.05) is 19.1 Å². The molecule has 0 radical (unpaired) electrons. The predicted octanol–water partition coefficient (Wildman–Crippen LogP) is 1.98. The highest BCUT2D eigenvalue weighted by Gasteiger charge is 2.10. The molecule has 0 unspecified atom stereocenters. The van der Waals surface area contributed by atoms with Crippen molar-refractivity contribution in [2.24, 2.45) is 0 Å². The lowest BCUT2D eigenvalue weighted by molar-refractivity contribution is 0.888. The highest BCUT2D eigenvalue weighted by molar-refractivity contribution is 5.73. The predicted molar refractivity (Wildman–Crippen MR) is 79.0 cm³/mol. The van der Waals surface area contributed by atoms with E-state index in [0.717, 1.165) is 11.3 Å². The number of nitrogen functional groups attached to an aromatic ring is 1. The normalized spacial score (nSPS) is 10.9. The average Bonchev–Trinajstić information content (AvgIpc) is 2.43. The van der Waals surface area contributed by atoms with Crippen LogP contribution >= 0.6 is 0 Å². The zero-order chi connectivity index (χ0) is 14.3. The molecule has 0 aliphatic carbocycles. The lowest BCUT2D eigenvalue weighted by Crippen LogP contribution is -2.22. The third-order valence-electron chi connectivity index (χ3n) is 3.32. The Balaban J connectivity index is 2.36. The Morgan fingerprint density at radius 1 is 1.20 bits per heavy atom. The van der Waals surface area contributed by atoms with Crippen LogP contribution in [0.1, 0.15) is 11.4 Å². The van der Waals surface area contributed by atoms with Crippen LogP contribution in [0.3, 0.4) is 0 Å². The molecule has 1 aromatic carbocycles. The molecule has 0 saturated heterocycles. The summed E-state index contributed by atoms with van der Waals surface area (Å²) in [5, 5.41) is 0.507. The number of nitrogens with zero attached hydrogens (tertiary/aromatic N) is 3. The summed E-state index contributed by atoms with van der Waals surface area (Å²) in [5.74, 6) is 0.602. The summed E-state index contributed by atoms with van der Waals surface area (Å²) < 4.78 is 1.58. The first kappa shape index (κ1) is 12.3. The first-order valence-corrected chi connectivity index (χ1v) is 6.29. The van der Waals surface area contributed by atoms with Gasteiger partial charge in [0.05, 0.1) is 11.1 Å². The van der Waals surface area contributed by atoms with Crippen molar-refractivity contribution in [3.63, 3.8) is 0 Å². The van der Waals surface area contributed by atoms with Crippen LogP contribution in [0.2, 0.25) is 0 Å². The van der Waals surface area contributed by atoms with Crippen LogP contribution in [0, 0.1) is 13.8 Å². The molecule has 5 nitrogen and oxygen atoms in total. The Hall–Kier alpha value is -2.69. The minimum absolute atomic E-state index is 0.121. The lowest BCUT2D eigenvalue weighted by atomic mass is 10.2. The van der Waals surface area contributed by atoms with Crippen molar-refractivity contribution in [2.75, 3.05) is 5.73 Å². The van der Waals surface area contributed by atoms with Crippen molar-refractivity contribution in [3.05, 3.63) is 58.3 Å². The van der Waals surface area contributed by atoms with Crippen molar-refractivity contribution < 1.29 is 0 Å². The second-order valence-electron chi connectivity index (χ2n) is 4.72. The molecule has 100 valence electrons. The van der Waals surface area contributed by atoms with Crippen LogP contribution in [0.4, 0.5) is 5.69 Å². The van der Waals surface area contributed by atoms with Gasteiger partial charge in [0.1, 0.15) is 5.82 Å². The first-order chi connectivity index (χ1) is 9.58. The van der Waals surface area contributed by atoms with Crippen LogP contribution in [0.15, 0.2) is 41.3 Å². The second-order valence-corrected chi connectivity index (χ2v) is 4.72. The van der Waals surface area contributed by atoms with Crippen LogP contribution in [-0.2, 0) is 0 Å². The number of fused-ring (bicyclic) bond motifs is 1. The molecular weight excluding hydrogens is 252 g/mol. The Morgan fingerprint density at radius 3 is 2.75 bits per heavy atom. The van der Waals surface area contributed by atoms with E-state index in [0.29, 0.717) is 22.5 Å². The summed E-state index contributed by atoms with van der Waals surface area (Å²) in [5.41, 5.74) is 8.57. The third-order valence-corrected chi connectivity index (χ3v) is 3.32. The Labute approximate surface area is 115 Å². The van der Waals surface area contributed by atoms with E-state index in [1.165, 1.54) is 0 Å². The Kier molecular flexibility index (Phi) is 2.75. The molecule has 5 heteroatoms. The summed E-state index contributed by atoms with van der Waals surface area (Å²) in [7, 11) is 0. The van der Waals surface area contributed by atoms with E-state index in [1.54, 1.807) is 35.9 Å². The van der Waals surface area contributed by atoms with Crippen molar-refractivity contribution in [1.82, 2.24) is 14.5 Å². The molecule has 0 bridgehead atoms. The van der Waals surface area contributed by atoms with E-state index in [4.69, 9.17) is 5.73 Å². The van der Waals surface area contributed by atoms with Gasteiger partial charge in [0.2, 0.25) is 0 Å². The quantitative estimate of drug-likeness (QED) is 0.683. The monoisotopic (exact) mass is 266 g/mol. The SMILES string of the molecule is Cc1cc(-n2c(C)nc3ncccc3c2=O)ccc1N. The maximum atomic E-state index is 12.6. The van der Waals surface area contributed by atoms with Crippen LogP contribution in [0.25, 0.3) is 16.7 Å². The fourth-order valence-corrected chi connectivity index (χ4v) is 2.23. The fourth-order valence-electron chi connectivity index (χ4n) is 2.23. The zero-order valence-electron chi connectivity index (χ0n) is 11.3. The third kappa shape index (κ3) is 1.84. The number of anilines is 1. The van der Waals surface area contributed by atoms with Crippen molar-refractivity contribution >= 4 is 16.7 Å². The largest absolute Gasteiger partial charge is 0.399 e. The summed E-state index contributed by atoms with van der Waals surface area (Å²) in [6.07, 6.45) is 1.63. The van der Waals surface area contributed by atoms with E-state index in [-0.39, 0.29) is 5.56 Å². The number of benzene rings is 1. The smallest absolute Gasteiger partial charge is 0.267 e. The molecule has 2 aromatic heterocycles. The highest BCUT2D eigenvalue weighted by atomic mass is 16.1. The van der Waals surface area contributed by atoms with Gasteiger partial charge in [-0.15, -0.1) is 0 Å². The van der Waals surface area contributed by atoms with E-state index in [2.05, 4.69) is 9.97 Å². The van der Waals surface area contributed by atoms with Gasteiger partial charge in [0.15, 0.2) is 5.65 Å². The van der Waals surface area contributed by atoms with Gasteiger partial charge in [0, 0.05) is 11.9 Å². The van der Waals surface area contributed by atoms with Gasteiger partial charge >= 0.3 is 0 Å². The number of pyridine rings is 1. The summed E-state index contributed by atoms with van der Waals surface area (Å²) in [6.45, 7) is 3.70. The lowest BCUT2D eigenvalue weighted by Gasteiger charge is -2.11. The van der Waals surface area contributed by atoms with Crippen molar-refractivity contribution in [2.45, 2.75) is 13.8 Å². The van der Waals surface area contributed by atoms with Crippen molar-refractivity contribution in [1.29, 1.82) is 0 Å². The van der Waals surface area contributed by atoms with Crippen LogP contribution in [-0.4, -0.2) is 14.5 Å². The molecule has 0 atom stereocenters. The summed E-state index contributed by atoms with van der Waals surface area (Å²) in [4.78, 5) is 21.1. The summed E-state index contributed by atoms with van der Waals surface area (Å²) >= 11 is 0. The highest BCUT2D eigenvalue weighted by Crippen LogP contribution is 2.17. The number of aromatic nitrogens is 3. The number of rotatable bonds is 1. The standard InChI is InChI=1S/C15H14N4O/c1-9-8-11(5-6-13(9)16)19-10(2)18-14-12(15(19)20)4-3-7-17-14/h3-8H,16H2,1-2H3. The Morgan fingerprint density at radius 2 is 2.00 bits per heavy atom.